The average Bonchev–Trinajstić information content (AvgIpc) is 2.71. The van der Waals surface area contributed by atoms with Crippen molar-refractivity contribution < 1.29 is 23.8 Å². The van der Waals surface area contributed by atoms with E-state index < -0.39 is 17.9 Å². The fourth-order valence-corrected chi connectivity index (χ4v) is 2.88. The van der Waals surface area contributed by atoms with Gasteiger partial charge in [-0.2, -0.15) is 5.26 Å². The van der Waals surface area contributed by atoms with Crippen LogP contribution in [0.5, 0.6) is 11.5 Å². The second-order valence-electron chi connectivity index (χ2n) is 5.72. The summed E-state index contributed by atoms with van der Waals surface area (Å²) in [4.78, 5) is 24.1. The summed E-state index contributed by atoms with van der Waals surface area (Å²) in [5, 5.41) is 11.7. The van der Waals surface area contributed by atoms with Crippen LogP contribution in [0.1, 0.15) is 23.6 Å². The number of amides is 1. The van der Waals surface area contributed by atoms with Gasteiger partial charge in [-0.15, -0.1) is 0 Å². The van der Waals surface area contributed by atoms with Crippen molar-refractivity contribution in [2.75, 3.05) is 20.8 Å². The molecule has 0 fully saturated rings. The van der Waals surface area contributed by atoms with Crippen molar-refractivity contribution in [2.45, 2.75) is 12.5 Å². The Morgan fingerprint density at radius 2 is 1.96 bits per heavy atom. The number of nitriles is 1. The molecule has 0 heterocycles. The van der Waals surface area contributed by atoms with Crippen LogP contribution in [0.15, 0.2) is 46.9 Å². The monoisotopic (exact) mass is 446 g/mol. The smallest absolute Gasteiger partial charge is 0.307 e. The largest absolute Gasteiger partial charge is 0.493 e. The van der Waals surface area contributed by atoms with E-state index in [0.29, 0.717) is 17.1 Å². The summed E-state index contributed by atoms with van der Waals surface area (Å²) in [6.07, 6.45) is -0.0150. The second kappa shape index (κ2) is 10.3. The van der Waals surface area contributed by atoms with Gasteiger partial charge in [0.2, 0.25) is 0 Å². The van der Waals surface area contributed by atoms with Crippen molar-refractivity contribution in [1.82, 2.24) is 5.32 Å². The van der Waals surface area contributed by atoms with Gasteiger partial charge in [0.05, 0.1) is 38.3 Å². The maximum absolute atomic E-state index is 12.4. The molecule has 0 bridgehead atoms. The number of halogens is 1. The van der Waals surface area contributed by atoms with Gasteiger partial charge in [-0.3, -0.25) is 9.59 Å². The predicted molar refractivity (Wildman–Crippen MR) is 105 cm³/mol. The Kier molecular flexibility index (Phi) is 7.84. The van der Waals surface area contributed by atoms with Crippen molar-refractivity contribution in [3.8, 4) is 17.6 Å². The van der Waals surface area contributed by atoms with Crippen LogP contribution in [0.25, 0.3) is 0 Å². The fraction of sp³-hybridized carbons (Fsp3) is 0.250. The highest BCUT2D eigenvalue weighted by Crippen LogP contribution is 2.28. The molecule has 1 atom stereocenters. The fourth-order valence-electron chi connectivity index (χ4n) is 2.46. The highest BCUT2D eigenvalue weighted by Gasteiger charge is 2.20. The Labute approximate surface area is 171 Å². The van der Waals surface area contributed by atoms with Crippen LogP contribution in [-0.4, -0.2) is 32.7 Å². The molecule has 0 spiro atoms. The second-order valence-corrected chi connectivity index (χ2v) is 6.64. The minimum Gasteiger partial charge on any atom is -0.493 e. The normalized spacial score (nSPS) is 11.1. The van der Waals surface area contributed by atoms with Crippen LogP contribution in [0.4, 0.5) is 0 Å². The molecule has 2 rings (SSSR count). The maximum atomic E-state index is 12.4. The molecule has 0 aliphatic rings. The SMILES string of the molecule is COC(=O)CC(NC(=O)COc1ccc(C#N)cc1OC)c1cccc(Br)c1. The predicted octanol–water partition coefficient (Wildman–Crippen LogP) is 3.13. The van der Waals surface area contributed by atoms with E-state index in [2.05, 4.69) is 21.2 Å². The molecule has 146 valence electrons. The van der Waals surface area contributed by atoms with E-state index in [4.69, 9.17) is 19.5 Å². The zero-order valence-electron chi connectivity index (χ0n) is 15.4. The van der Waals surface area contributed by atoms with Gasteiger partial charge in [0.25, 0.3) is 5.91 Å². The molecule has 1 amide bonds. The Bertz CT molecular complexity index is 894. The number of nitrogens with one attached hydrogen (secondary N) is 1. The van der Waals surface area contributed by atoms with Crippen molar-refractivity contribution in [1.29, 1.82) is 5.26 Å². The molecule has 0 radical (unpaired) electrons. The van der Waals surface area contributed by atoms with Gasteiger partial charge >= 0.3 is 5.97 Å². The van der Waals surface area contributed by atoms with Crippen molar-refractivity contribution in [3.05, 3.63) is 58.1 Å². The van der Waals surface area contributed by atoms with E-state index >= 15 is 0 Å². The third-order valence-electron chi connectivity index (χ3n) is 3.84. The zero-order chi connectivity index (χ0) is 20.5. The van der Waals surface area contributed by atoms with Gasteiger partial charge in [0.15, 0.2) is 18.1 Å². The van der Waals surface area contributed by atoms with Crippen LogP contribution in [0.2, 0.25) is 0 Å². The molecule has 0 aliphatic carbocycles. The summed E-state index contributed by atoms with van der Waals surface area (Å²) in [5.74, 6) is -0.172. The van der Waals surface area contributed by atoms with E-state index in [1.165, 1.54) is 20.3 Å². The molecule has 2 aromatic carbocycles. The van der Waals surface area contributed by atoms with E-state index in [1.807, 2.05) is 30.3 Å². The molecule has 0 aliphatic heterocycles. The molecule has 1 unspecified atom stereocenters. The molecule has 0 saturated carbocycles. The Balaban J connectivity index is 2.07. The maximum Gasteiger partial charge on any atom is 0.307 e. The van der Waals surface area contributed by atoms with Crippen molar-refractivity contribution in [2.24, 2.45) is 0 Å². The number of hydrogen-bond acceptors (Lipinski definition) is 6. The lowest BCUT2D eigenvalue weighted by Crippen LogP contribution is -2.34. The van der Waals surface area contributed by atoms with Crippen LogP contribution in [0.3, 0.4) is 0 Å². The van der Waals surface area contributed by atoms with Gasteiger partial charge in [-0.05, 0) is 29.8 Å². The van der Waals surface area contributed by atoms with Gasteiger partial charge in [-0.25, -0.2) is 0 Å². The number of ether oxygens (including phenoxy) is 3. The minimum absolute atomic E-state index is 0.0150. The summed E-state index contributed by atoms with van der Waals surface area (Å²) in [5.41, 5.74) is 1.17. The zero-order valence-corrected chi connectivity index (χ0v) is 17.0. The summed E-state index contributed by atoms with van der Waals surface area (Å²) >= 11 is 3.38. The highest BCUT2D eigenvalue weighted by molar-refractivity contribution is 9.10. The topological polar surface area (TPSA) is 97.6 Å². The lowest BCUT2D eigenvalue weighted by Gasteiger charge is -2.19. The number of hydrogen-bond donors (Lipinski definition) is 1. The van der Waals surface area contributed by atoms with Crippen molar-refractivity contribution >= 4 is 27.8 Å². The van der Waals surface area contributed by atoms with E-state index in [9.17, 15) is 9.59 Å². The van der Waals surface area contributed by atoms with Crippen LogP contribution in [-0.2, 0) is 14.3 Å². The van der Waals surface area contributed by atoms with Gasteiger partial charge < -0.3 is 19.5 Å². The number of carbonyl (C=O) groups is 2. The molecule has 2 aromatic rings. The van der Waals surface area contributed by atoms with E-state index in [0.717, 1.165) is 10.0 Å². The van der Waals surface area contributed by atoms with Crippen molar-refractivity contribution in [3.63, 3.8) is 0 Å². The average molecular weight is 447 g/mol. The lowest BCUT2D eigenvalue weighted by molar-refractivity contribution is -0.141. The van der Waals surface area contributed by atoms with E-state index in [1.54, 1.807) is 12.1 Å². The summed E-state index contributed by atoms with van der Waals surface area (Å²) in [7, 11) is 2.74. The Hall–Kier alpha value is -3.05. The summed E-state index contributed by atoms with van der Waals surface area (Å²) in [6, 6.07) is 13.4. The molecule has 1 N–H and O–H groups in total. The number of benzene rings is 2. The van der Waals surface area contributed by atoms with Crippen LogP contribution >= 0.6 is 15.9 Å². The highest BCUT2D eigenvalue weighted by atomic mass is 79.9. The molecule has 0 aromatic heterocycles. The third kappa shape index (κ3) is 5.99. The first-order valence-corrected chi connectivity index (χ1v) is 9.08. The summed E-state index contributed by atoms with van der Waals surface area (Å²) < 4.78 is 16.2. The number of methoxy groups -OCH3 is 2. The summed E-state index contributed by atoms with van der Waals surface area (Å²) in [6.45, 7) is -0.284. The molecule has 7 nitrogen and oxygen atoms in total. The first-order chi connectivity index (χ1) is 13.5. The van der Waals surface area contributed by atoms with Gasteiger partial charge in [0.1, 0.15) is 0 Å². The Morgan fingerprint density at radius 1 is 1.18 bits per heavy atom. The molecule has 0 saturated heterocycles. The van der Waals surface area contributed by atoms with Crippen LogP contribution < -0.4 is 14.8 Å². The molecule has 28 heavy (non-hydrogen) atoms. The van der Waals surface area contributed by atoms with Crippen LogP contribution in [0, 0.1) is 11.3 Å². The number of rotatable bonds is 8. The van der Waals surface area contributed by atoms with Gasteiger partial charge in [0, 0.05) is 10.5 Å². The van der Waals surface area contributed by atoms with Gasteiger partial charge in [-0.1, -0.05) is 28.1 Å². The first-order valence-electron chi connectivity index (χ1n) is 8.29. The first kappa shape index (κ1) is 21.3. The molecule has 8 heteroatoms. The number of esters is 1. The minimum atomic E-state index is -0.566. The Morgan fingerprint density at radius 3 is 2.61 bits per heavy atom. The molecular weight excluding hydrogens is 428 g/mol. The quantitative estimate of drug-likeness (QED) is 0.625. The number of carbonyl (C=O) groups excluding carboxylic acids is 2. The lowest BCUT2D eigenvalue weighted by atomic mass is 10.0. The number of nitrogens with zero attached hydrogens (tertiary/aromatic N) is 1. The molecular formula is C20H19BrN2O5. The standard InChI is InChI=1S/C20H19BrN2O5/c1-26-18-8-13(11-22)6-7-17(18)28-12-19(24)23-16(10-20(25)27-2)14-4-3-5-15(21)9-14/h3-9,16H,10,12H2,1-2H3,(H,23,24). The third-order valence-corrected chi connectivity index (χ3v) is 4.33. The van der Waals surface area contributed by atoms with E-state index in [-0.39, 0.29) is 13.0 Å².